The standard InChI is InChI=1S/C23H27N7/c1-2-13-30(14-3-1)19-6-4-5-17-20(19)27-23(26-17)22-21-18(28-29-22)8-7-16(25-21)15-9-11-24-12-10-15/h4-8,15,24H,1-3,9-14H2,(H,26,27)(H,28,29). The maximum absolute atomic E-state index is 5.03. The first-order chi connectivity index (χ1) is 14.9. The fourth-order valence-corrected chi connectivity index (χ4v) is 4.94. The molecule has 0 bridgehead atoms. The van der Waals surface area contributed by atoms with Gasteiger partial charge in [0.15, 0.2) is 11.5 Å². The first-order valence-corrected chi connectivity index (χ1v) is 11.2. The van der Waals surface area contributed by atoms with Crippen molar-refractivity contribution >= 4 is 27.8 Å². The van der Waals surface area contributed by atoms with Gasteiger partial charge in [-0.3, -0.25) is 5.10 Å². The Labute approximate surface area is 175 Å². The van der Waals surface area contributed by atoms with Crippen LogP contribution in [0.1, 0.15) is 43.7 Å². The fourth-order valence-electron chi connectivity index (χ4n) is 4.94. The Bertz CT molecular complexity index is 1180. The molecular weight excluding hydrogens is 374 g/mol. The number of hydrogen-bond acceptors (Lipinski definition) is 5. The lowest BCUT2D eigenvalue weighted by Gasteiger charge is -2.28. The second kappa shape index (κ2) is 7.40. The minimum absolute atomic E-state index is 0.514. The van der Waals surface area contributed by atoms with E-state index in [0.29, 0.717) is 5.92 Å². The molecule has 6 rings (SSSR count). The van der Waals surface area contributed by atoms with Gasteiger partial charge in [-0.25, -0.2) is 9.97 Å². The van der Waals surface area contributed by atoms with E-state index in [1.165, 1.54) is 24.9 Å². The summed E-state index contributed by atoms with van der Waals surface area (Å²) in [6.07, 6.45) is 6.09. The van der Waals surface area contributed by atoms with Crippen LogP contribution in [0.5, 0.6) is 0 Å². The molecule has 0 spiro atoms. The highest BCUT2D eigenvalue weighted by Gasteiger charge is 2.21. The third-order valence-corrected chi connectivity index (χ3v) is 6.60. The monoisotopic (exact) mass is 401 g/mol. The SMILES string of the molecule is c1cc(N2CCCCC2)c2nc(-c3n[nH]c4ccc(C5CCNCC5)nc34)[nH]c2c1. The number of hydrogen-bond donors (Lipinski definition) is 3. The lowest BCUT2D eigenvalue weighted by molar-refractivity contribution is 0.454. The Kier molecular flexibility index (Phi) is 4.41. The van der Waals surface area contributed by atoms with Crippen molar-refractivity contribution in [1.82, 2.24) is 30.5 Å². The van der Waals surface area contributed by atoms with Gasteiger partial charge in [0.2, 0.25) is 0 Å². The van der Waals surface area contributed by atoms with E-state index in [4.69, 9.17) is 9.97 Å². The van der Waals surface area contributed by atoms with Crippen LogP contribution < -0.4 is 10.2 Å². The van der Waals surface area contributed by atoms with Crippen LogP contribution in [-0.4, -0.2) is 51.3 Å². The summed E-state index contributed by atoms with van der Waals surface area (Å²) in [5.41, 5.74) is 7.14. The Morgan fingerprint density at radius 3 is 2.60 bits per heavy atom. The number of aromatic nitrogens is 5. The molecule has 30 heavy (non-hydrogen) atoms. The summed E-state index contributed by atoms with van der Waals surface area (Å²) < 4.78 is 0. The molecule has 0 atom stereocenters. The molecule has 5 heterocycles. The second-order valence-corrected chi connectivity index (χ2v) is 8.54. The zero-order valence-corrected chi connectivity index (χ0v) is 17.1. The number of nitrogens with zero attached hydrogens (tertiary/aromatic N) is 4. The Morgan fingerprint density at radius 1 is 0.867 bits per heavy atom. The predicted molar refractivity (Wildman–Crippen MR) is 120 cm³/mol. The highest BCUT2D eigenvalue weighted by Crippen LogP contribution is 2.32. The van der Waals surface area contributed by atoms with Crippen molar-refractivity contribution in [3.05, 3.63) is 36.0 Å². The van der Waals surface area contributed by atoms with Crippen LogP contribution in [-0.2, 0) is 0 Å². The number of aromatic amines is 2. The summed E-state index contributed by atoms with van der Waals surface area (Å²) in [6, 6.07) is 10.7. The van der Waals surface area contributed by atoms with Crippen LogP contribution in [0.15, 0.2) is 30.3 Å². The van der Waals surface area contributed by atoms with Gasteiger partial charge in [-0.15, -0.1) is 0 Å². The van der Waals surface area contributed by atoms with E-state index in [1.807, 2.05) is 0 Å². The Hall–Kier alpha value is -2.93. The first kappa shape index (κ1) is 17.9. The van der Waals surface area contributed by atoms with Gasteiger partial charge in [-0.2, -0.15) is 5.10 Å². The molecule has 154 valence electrons. The van der Waals surface area contributed by atoms with Crippen molar-refractivity contribution < 1.29 is 0 Å². The number of piperidine rings is 2. The topological polar surface area (TPSA) is 85.5 Å². The number of rotatable bonds is 3. The molecular formula is C23H27N7. The molecule has 2 fully saturated rings. The van der Waals surface area contributed by atoms with Gasteiger partial charge in [0, 0.05) is 24.7 Å². The van der Waals surface area contributed by atoms with E-state index < -0.39 is 0 Å². The predicted octanol–water partition coefficient (Wildman–Crippen LogP) is 3.96. The molecule has 0 saturated carbocycles. The number of nitrogens with one attached hydrogen (secondary N) is 3. The molecule has 2 aliphatic rings. The molecule has 7 nitrogen and oxygen atoms in total. The zero-order valence-electron chi connectivity index (χ0n) is 17.1. The van der Waals surface area contributed by atoms with Crippen LogP contribution >= 0.6 is 0 Å². The van der Waals surface area contributed by atoms with E-state index >= 15 is 0 Å². The van der Waals surface area contributed by atoms with Crippen LogP contribution in [0, 0.1) is 0 Å². The molecule has 1 aromatic carbocycles. The fraction of sp³-hybridized carbons (Fsp3) is 0.435. The van der Waals surface area contributed by atoms with Gasteiger partial charge in [-0.05, 0) is 69.5 Å². The summed E-state index contributed by atoms with van der Waals surface area (Å²) in [4.78, 5) is 16.0. The van der Waals surface area contributed by atoms with Gasteiger partial charge >= 0.3 is 0 Å². The Balaban J connectivity index is 1.42. The normalized spacial score (nSPS) is 18.5. The van der Waals surface area contributed by atoms with E-state index in [0.717, 1.165) is 78.3 Å². The smallest absolute Gasteiger partial charge is 0.161 e. The van der Waals surface area contributed by atoms with Crippen LogP contribution in [0.4, 0.5) is 5.69 Å². The Morgan fingerprint density at radius 2 is 1.73 bits per heavy atom. The molecule has 0 amide bonds. The molecule has 0 aliphatic carbocycles. The summed E-state index contributed by atoms with van der Waals surface area (Å²) in [5.74, 6) is 1.30. The van der Waals surface area contributed by atoms with Crippen molar-refractivity contribution in [3.63, 3.8) is 0 Å². The highest BCUT2D eigenvalue weighted by molar-refractivity contribution is 5.94. The lowest BCUT2D eigenvalue weighted by atomic mass is 9.94. The molecule has 4 aromatic rings. The summed E-state index contributed by atoms with van der Waals surface area (Å²) in [6.45, 7) is 4.33. The molecule has 0 unspecified atom stereocenters. The zero-order chi connectivity index (χ0) is 19.9. The quantitative estimate of drug-likeness (QED) is 0.484. The molecule has 7 heteroatoms. The van der Waals surface area contributed by atoms with Crippen molar-refractivity contribution in [2.45, 2.75) is 38.0 Å². The van der Waals surface area contributed by atoms with E-state index in [-0.39, 0.29) is 0 Å². The maximum Gasteiger partial charge on any atom is 0.161 e. The van der Waals surface area contributed by atoms with Gasteiger partial charge in [0.05, 0.1) is 16.7 Å². The van der Waals surface area contributed by atoms with Crippen LogP contribution in [0.2, 0.25) is 0 Å². The summed E-state index contributed by atoms with van der Waals surface area (Å²) >= 11 is 0. The molecule has 0 radical (unpaired) electrons. The van der Waals surface area contributed by atoms with Gasteiger partial charge in [0.25, 0.3) is 0 Å². The molecule has 2 aliphatic heterocycles. The second-order valence-electron chi connectivity index (χ2n) is 8.54. The number of pyridine rings is 1. The molecule has 3 aromatic heterocycles. The largest absolute Gasteiger partial charge is 0.370 e. The first-order valence-electron chi connectivity index (χ1n) is 11.2. The van der Waals surface area contributed by atoms with Crippen molar-refractivity contribution in [2.75, 3.05) is 31.1 Å². The highest BCUT2D eigenvalue weighted by atomic mass is 15.2. The number of imidazole rings is 1. The minimum Gasteiger partial charge on any atom is -0.370 e. The summed E-state index contributed by atoms with van der Waals surface area (Å²) in [7, 11) is 0. The molecule has 2 saturated heterocycles. The minimum atomic E-state index is 0.514. The van der Waals surface area contributed by atoms with E-state index in [9.17, 15) is 0 Å². The number of fused-ring (bicyclic) bond motifs is 2. The third-order valence-electron chi connectivity index (χ3n) is 6.60. The maximum atomic E-state index is 5.03. The van der Waals surface area contributed by atoms with Crippen molar-refractivity contribution in [2.24, 2.45) is 0 Å². The van der Waals surface area contributed by atoms with E-state index in [2.05, 4.69) is 55.7 Å². The number of para-hydroxylation sites is 1. The average molecular weight is 402 g/mol. The van der Waals surface area contributed by atoms with Gasteiger partial charge < -0.3 is 15.2 Å². The van der Waals surface area contributed by atoms with E-state index in [1.54, 1.807) is 0 Å². The van der Waals surface area contributed by atoms with Crippen LogP contribution in [0.25, 0.3) is 33.6 Å². The number of anilines is 1. The van der Waals surface area contributed by atoms with Gasteiger partial charge in [-0.1, -0.05) is 6.07 Å². The average Bonchev–Trinajstić information content (AvgIpc) is 3.43. The van der Waals surface area contributed by atoms with Crippen LogP contribution in [0.3, 0.4) is 0 Å². The van der Waals surface area contributed by atoms with Crippen molar-refractivity contribution in [1.29, 1.82) is 0 Å². The van der Waals surface area contributed by atoms with Crippen molar-refractivity contribution in [3.8, 4) is 11.5 Å². The number of benzene rings is 1. The summed E-state index contributed by atoms with van der Waals surface area (Å²) in [5, 5.41) is 11.2. The van der Waals surface area contributed by atoms with Gasteiger partial charge in [0.1, 0.15) is 11.0 Å². The lowest BCUT2D eigenvalue weighted by Crippen LogP contribution is -2.29. The third kappa shape index (κ3) is 3.04. The number of H-pyrrole nitrogens is 2. The molecule has 3 N–H and O–H groups in total.